The summed E-state index contributed by atoms with van der Waals surface area (Å²) in [4.78, 5) is 22.5. The number of benzene rings is 2. The Balaban J connectivity index is 1.85. The van der Waals surface area contributed by atoms with Gasteiger partial charge in [0.1, 0.15) is 11.5 Å². The van der Waals surface area contributed by atoms with Gasteiger partial charge in [0.05, 0.1) is 19.0 Å². The maximum Gasteiger partial charge on any atom is 0.339 e. The van der Waals surface area contributed by atoms with Gasteiger partial charge < -0.3 is 20.5 Å². The van der Waals surface area contributed by atoms with E-state index < -0.39 is 11.9 Å². The lowest BCUT2D eigenvalue weighted by Gasteiger charge is -2.08. The van der Waals surface area contributed by atoms with E-state index in [1.165, 1.54) is 13.3 Å². The first-order valence-electron chi connectivity index (χ1n) is 7.32. The Morgan fingerprint density at radius 3 is 2.56 bits per heavy atom. The van der Waals surface area contributed by atoms with Crippen LogP contribution in [0.15, 0.2) is 53.6 Å². The van der Waals surface area contributed by atoms with Crippen LogP contribution in [0.2, 0.25) is 0 Å². The zero-order chi connectivity index (χ0) is 18.1. The fourth-order valence-electron chi connectivity index (χ4n) is 1.87. The lowest BCUT2D eigenvalue weighted by molar-refractivity contribution is -0.119. The number of para-hydroxylation sites is 2. The van der Waals surface area contributed by atoms with E-state index in [0.717, 1.165) is 5.56 Å². The van der Waals surface area contributed by atoms with Gasteiger partial charge in [0, 0.05) is 0 Å². The highest BCUT2D eigenvalue weighted by Gasteiger charge is 2.05. The molecule has 0 aliphatic carbocycles. The number of primary amides is 1. The molecule has 0 atom stereocenters. The van der Waals surface area contributed by atoms with Gasteiger partial charge in [-0.3, -0.25) is 4.79 Å². The molecule has 0 aliphatic heterocycles. The minimum atomic E-state index is -0.545. The third kappa shape index (κ3) is 5.87. The summed E-state index contributed by atoms with van der Waals surface area (Å²) in [5.41, 5.74) is 8.63. The van der Waals surface area contributed by atoms with Gasteiger partial charge in [0.2, 0.25) is 0 Å². The first kappa shape index (κ1) is 17.8. The lowest BCUT2D eigenvalue weighted by atomic mass is 10.2. The van der Waals surface area contributed by atoms with Crippen LogP contribution in [0.4, 0.5) is 10.5 Å². The third-order valence-electron chi connectivity index (χ3n) is 3.00. The monoisotopic (exact) mass is 342 g/mol. The highest BCUT2D eigenvalue weighted by Crippen LogP contribution is 2.22. The van der Waals surface area contributed by atoms with Gasteiger partial charge in [-0.15, -0.1) is 0 Å². The Kier molecular flexibility index (Phi) is 6.35. The van der Waals surface area contributed by atoms with Crippen LogP contribution < -0.4 is 25.9 Å². The molecule has 0 saturated heterocycles. The molecule has 2 rings (SSSR count). The number of carbonyl (C=O) groups excluding carboxylic acids is 2. The summed E-state index contributed by atoms with van der Waals surface area (Å²) in [5, 5.41) is 6.49. The summed E-state index contributed by atoms with van der Waals surface area (Å²) in [5.74, 6) is 0.516. The van der Waals surface area contributed by atoms with Crippen molar-refractivity contribution in [2.45, 2.75) is 0 Å². The van der Waals surface area contributed by atoms with Crippen LogP contribution in [0.3, 0.4) is 0 Å². The van der Waals surface area contributed by atoms with Crippen molar-refractivity contribution < 1.29 is 19.1 Å². The fraction of sp³-hybridized carbons (Fsp3) is 0.118. The quantitative estimate of drug-likeness (QED) is 0.525. The van der Waals surface area contributed by atoms with Crippen molar-refractivity contribution in [2.75, 3.05) is 19.0 Å². The van der Waals surface area contributed by atoms with Crippen molar-refractivity contribution in [2.24, 2.45) is 10.8 Å². The minimum absolute atomic E-state index is 0.182. The van der Waals surface area contributed by atoms with Gasteiger partial charge in [-0.2, -0.15) is 5.10 Å². The number of nitrogens with one attached hydrogen (secondary N) is 2. The smallest absolute Gasteiger partial charge is 0.339 e. The van der Waals surface area contributed by atoms with Gasteiger partial charge in [0.15, 0.2) is 6.61 Å². The van der Waals surface area contributed by atoms with E-state index in [4.69, 9.17) is 15.2 Å². The van der Waals surface area contributed by atoms with Crippen LogP contribution in [0.1, 0.15) is 5.56 Å². The first-order valence-corrected chi connectivity index (χ1v) is 7.32. The molecule has 0 heterocycles. The van der Waals surface area contributed by atoms with Crippen LogP contribution >= 0.6 is 0 Å². The molecule has 3 amide bonds. The number of carbonyl (C=O) groups is 2. The zero-order valence-electron chi connectivity index (χ0n) is 13.6. The lowest BCUT2D eigenvalue weighted by Crippen LogP contribution is -2.24. The van der Waals surface area contributed by atoms with E-state index in [9.17, 15) is 9.59 Å². The van der Waals surface area contributed by atoms with Crippen LogP contribution in [-0.4, -0.2) is 31.9 Å². The summed E-state index contributed by atoms with van der Waals surface area (Å²) in [6, 6.07) is 13.3. The average molecular weight is 342 g/mol. The van der Waals surface area contributed by atoms with E-state index in [-0.39, 0.29) is 6.61 Å². The van der Waals surface area contributed by atoms with Crippen molar-refractivity contribution >= 4 is 23.8 Å². The Morgan fingerprint density at radius 1 is 1.16 bits per heavy atom. The number of hydrogen-bond acceptors (Lipinski definition) is 5. The van der Waals surface area contributed by atoms with E-state index in [0.29, 0.717) is 17.2 Å². The molecule has 2 aromatic carbocycles. The summed E-state index contributed by atoms with van der Waals surface area (Å²) in [6.45, 7) is -0.182. The predicted octanol–water partition coefficient (Wildman–Crippen LogP) is 1.71. The Bertz CT molecular complexity index is 759. The average Bonchev–Trinajstić information content (AvgIpc) is 2.61. The van der Waals surface area contributed by atoms with E-state index in [1.807, 2.05) is 0 Å². The fourth-order valence-corrected chi connectivity index (χ4v) is 1.87. The van der Waals surface area contributed by atoms with Gasteiger partial charge in [0.25, 0.3) is 5.91 Å². The molecule has 4 N–H and O–H groups in total. The van der Waals surface area contributed by atoms with E-state index in [1.54, 1.807) is 48.5 Å². The number of hydrogen-bond donors (Lipinski definition) is 3. The number of methoxy groups -OCH3 is 1. The molecule has 2 aromatic rings. The summed E-state index contributed by atoms with van der Waals surface area (Å²) in [7, 11) is 1.52. The minimum Gasteiger partial charge on any atom is -0.495 e. The van der Waals surface area contributed by atoms with Crippen LogP contribution in [0.25, 0.3) is 0 Å². The summed E-state index contributed by atoms with van der Waals surface area (Å²) in [6.07, 6.45) is 1.47. The number of ether oxygens (including phenoxy) is 2. The molecule has 8 heteroatoms. The van der Waals surface area contributed by atoms with Gasteiger partial charge in [-0.1, -0.05) is 12.1 Å². The van der Waals surface area contributed by atoms with Crippen molar-refractivity contribution in [1.82, 2.24) is 5.43 Å². The molecular formula is C17H18N4O4. The number of amides is 3. The summed E-state index contributed by atoms with van der Waals surface area (Å²) < 4.78 is 10.3. The molecule has 8 nitrogen and oxygen atoms in total. The predicted molar refractivity (Wildman–Crippen MR) is 93.9 cm³/mol. The van der Waals surface area contributed by atoms with Gasteiger partial charge >= 0.3 is 6.03 Å². The molecular weight excluding hydrogens is 324 g/mol. The second-order valence-corrected chi connectivity index (χ2v) is 4.85. The van der Waals surface area contributed by atoms with Crippen molar-refractivity contribution in [3.8, 4) is 11.5 Å². The van der Waals surface area contributed by atoms with Crippen molar-refractivity contribution in [3.05, 3.63) is 54.1 Å². The van der Waals surface area contributed by atoms with Crippen LogP contribution in [0.5, 0.6) is 11.5 Å². The second kappa shape index (κ2) is 8.92. The standard InChI is InChI=1S/C17H18N4O4/c1-24-15-5-3-2-4-14(15)20-17(23)21-19-10-12-6-8-13(9-7-12)25-11-16(18)22/h2-10H,11H2,1H3,(H2,18,22)(H2,20,21,23)/b19-10+. The zero-order valence-corrected chi connectivity index (χ0v) is 13.6. The number of nitrogens with two attached hydrogens (primary N) is 1. The molecule has 0 unspecified atom stereocenters. The highest BCUT2D eigenvalue weighted by molar-refractivity contribution is 5.91. The molecule has 0 radical (unpaired) electrons. The first-order chi connectivity index (χ1) is 12.1. The van der Waals surface area contributed by atoms with Crippen LogP contribution in [-0.2, 0) is 4.79 Å². The number of rotatable bonds is 7. The molecule has 25 heavy (non-hydrogen) atoms. The summed E-state index contributed by atoms with van der Waals surface area (Å²) >= 11 is 0. The Morgan fingerprint density at radius 2 is 1.88 bits per heavy atom. The number of anilines is 1. The van der Waals surface area contributed by atoms with Gasteiger partial charge in [-0.05, 0) is 42.0 Å². The number of hydrazone groups is 1. The molecule has 130 valence electrons. The number of nitrogens with zero attached hydrogens (tertiary/aromatic N) is 1. The normalized spacial score (nSPS) is 10.3. The van der Waals surface area contributed by atoms with Gasteiger partial charge in [-0.25, -0.2) is 10.2 Å². The maximum atomic E-state index is 11.8. The Hall–Kier alpha value is -3.55. The number of urea groups is 1. The molecule has 0 spiro atoms. The van der Waals surface area contributed by atoms with Crippen molar-refractivity contribution in [3.63, 3.8) is 0 Å². The third-order valence-corrected chi connectivity index (χ3v) is 3.00. The molecule has 0 bridgehead atoms. The second-order valence-electron chi connectivity index (χ2n) is 4.85. The van der Waals surface area contributed by atoms with E-state index >= 15 is 0 Å². The molecule has 0 aromatic heterocycles. The van der Waals surface area contributed by atoms with E-state index in [2.05, 4.69) is 15.8 Å². The molecule has 0 aliphatic rings. The van der Waals surface area contributed by atoms with Crippen molar-refractivity contribution in [1.29, 1.82) is 0 Å². The maximum absolute atomic E-state index is 11.8. The Labute approximate surface area is 144 Å². The molecule has 0 fully saturated rings. The highest BCUT2D eigenvalue weighted by atomic mass is 16.5. The van der Waals surface area contributed by atoms with Crippen LogP contribution in [0, 0.1) is 0 Å². The topological polar surface area (TPSA) is 115 Å². The largest absolute Gasteiger partial charge is 0.495 e. The molecule has 0 saturated carbocycles. The SMILES string of the molecule is COc1ccccc1NC(=O)N/N=C/c1ccc(OCC(N)=O)cc1.